The van der Waals surface area contributed by atoms with Gasteiger partial charge in [0.25, 0.3) is 11.2 Å². The molecule has 0 aliphatic carbocycles. The predicted octanol–water partition coefficient (Wildman–Crippen LogP) is 3.03. The van der Waals surface area contributed by atoms with E-state index in [9.17, 15) is 24.8 Å². The Balaban J connectivity index is 2.11. The van der Waals surface area contributed by atoms with Gasteiger partial charge >= 0.3 is 5.69 Å². The van der Waals surface area contributed by atoms with Gasteiger partial charge in [-0.25, -0.2) is 9.36 Å². The number of thioether (sulfide) groups is 1. The summed E-state index contributed by atoms with van der Waals surface area (Å²) in [5, 5.41) is 32.4. The summed E-state index contributed by atoms with van der Waals surface area (Å²) < 4.78 is 0.969. The maximum atomic E-state index is 12.4. The molecule has 0 aliphatic rings. The van der Waals surface area contributed by atoms with Crippen LogP contribution < -0.4 is 11.2 Å². The quantitative estimate of drug-likeness (QED) is 0.197. The number of nitrogens with zero attached hydrogens (tertiary/aromatic N) is 4. The molecular weight excluding hydrogens is 422 g/mol. The summed E-state index contributed by atoms with van der Waals surface area (Å²) in [6, 6.07) is 10.8. The van der Waals surface area contributed by atoms with Gasteiger partial charge in [0.1, 0.15) is 15.9 Å². The van der Waals surface area contributed by atoms with Gasteiger partial charge in [0.05, 0.1) is 16.3 Å². The topological polar surface area (TPSA) is 154 Å². The van der Waals surface area contributed by atoms with E-state index in [-0.39, 0.29) is 21.8 Å². The summed E-state index contributed by atoms with van der Waals surface area (Å²) in [5.74, 6) is -0.607. The zero-order valence-electron chi connectivity index (χ0n) is 16.1. The first kappa shape index (κ1) is 21.5. The van der Waals surface area contributed by atoms with Crippen molar-refractivity contribution in [1.82, 2.24) is 9.55 Å². The molecule has 3 rings (SSSR count). The van der Waals surface area contributed by atoms with E-state index in [0.29, 0.717) is 23.9 Å². The Morgan fingerprint density at radius 1 is 1.32 bits per heavy atom. The highest BCUT2D eigenvalue weighted by atomic mass is 32.2. The molecule has 0 atom stereocenters. The maximum absolute atomic E-state index is 12.4. The van der Waals surface area contributed by atoms with Crippen molar-refractivity contribution in [3.63, 3.8) is 0 Å². The Labute approximate surface area is 179 Å². The summed E-state index contributed by atoms with van der Waals surface area (Å²) in [6.07, 6.45) is 1.61. The second-order valence-electron chi connectivity index (χ2n) is 6.17. The SMILES string of the molecule is CCc1ccccc1-n1c(O)c(C=Nc2ccc(SC#N)c([N+](=O)[O-])c2)c(=O)[nH]c1=O. The van der Waals surface area contributed by atoms with Gasteiger partial charge in [0.2, 0.25) is 5.88 Å². The Morgan fingerprint density at radius 2 is 2.06 bits per heavy atom. The highest BCUT2D eigenvalue weighted by molar-refractivity contribution is 8.03. The second kappa shape index (κ2) is 9.10. The zero-order valence-corrected chi connectivity index (χ0v) is 16.9. The van der Waals surface area contributed by atoms with Crippen LogP contribution >= 0.6 is 11.8 Å². The van der Waals surface area contributed by atoms with Crippen molar-refractivity contribution in [2.75, 3.05) is 0 Å². The first-order valence-corrected chi connectivity index (χ1v) is 9.74. The van der Waals surface area contributed by atoms with Crippen LogP contribution in [-0.2, 0) is 6.42 Å². The highest BCUT2D eigenvalue weighted by Gasteiger charge is 2.17. The van der Waals surface area contributed by atoms with Crippen molar-refractivity contribution in [3.05, 3.63) is 84.5 Å². The molecule has 0 saturated heterocycles. The number of aliphatic imine (C=N–C) groups is 1. The lowest BCUT2D eigenvalue weighted by Crippen LogP contribution is -2.31. The molecule has 31 heavy (non-hydrogen) atoms. The summed E-state index contributed by atoms with van der Waals surface area (Å²) in [4.78, 5) is 41.5. The number of nitrogens with one attached hydrogen (secondary N) is 1. The molecular formula is C20H15N5O5S. The number of hydrogen-bond donors (Lipinski definition) is 2. The van der Waals surface area contributed by atoms with Crippen LogP contribution in [0.25, 0.3) is 5.69 Å². The molecule has 0 spiro atoms. The molecule has 0 bridgehead atoms. The molecule has 10 nitrogen and oxygen atoms in total. The van der Waals surface area contributed by atoms with Crippen LogP contribution in [0, 0.1) is 20.8 Å². The number of aromatic nitrogens is 2. The number of nitro benzene ring substituents is 1. The standard InChI is InChI=1S/C20H15N5O5S/c1-2-12-5-3-4-6-15(12)24-19(27)14(18(26)23-20(24)28)10-22-13-7-8-17(31-11-21)16(9-13)25(29)30/h3-10,27H,2H2,1H3,(H,23,26,28). The smallest absolute Gasteiger partial charge is 0.335 e. The molecule has 156 valence electrons. The monoisotopic (exact) mass is 437 g/mol. The average molecular weight is 437 g/mol. The van der Waals surface area contributed by atoms with Crippen molar-refractivity contribution < 1.29 is 10.0 Å². The minimum absolute atomic E-state index is 0.125. The Kier molecular flexibility index (Phi) is 6.32. The molecule has 0 aliphatic heterocycles. The van der Waals surface area contributed by atoms with E-state index >= 15 is 0 Å². The van der Waals surface area contributed by atoms with Crippen LogP contribution in [-0.4, -0.2) is 25.8 Å². The zero-order chi connectivity index (χ0) is 22.5. The van der Waals surface area contributed by atoms with Crippen molar-refractivity contribution in [1.29, 1.82) is 5.26 Å². The van der Waals surface area contributed by atoms with Gasteiger partial charge < -0.3 is 5.11 Å². The van der Waals surface area contributed by atoms with Crippen LogP contribution in [0.15, 0.2) is 61.9 Å². The number of aromatic amines is 1. The van der Waals surface area contributed by atoms with Crippen molar-refractivity contribution in [2.24, 2.45) is 4.99 Å². The van der Waals surface area contributed by atoms with E-state index in [1.54, 1.807) is 29.7 Å². The number of thiocyanates is 1. The Morgan fingerprint density at radius 3 is 2.74 bits per heavy atom. The van der Waals surface area contributed by atoms with Crippen molar-refractivity contribution in [2.45, 2.75) is 18.2 Å². The van der Waals surface area contributed by atoms with Crippen LogP contribution in [0.3, 0.4) is 0 Å². The van der Waals surface area contributed by atoms with Crippen LogP contribution in [0.1, 0.15) is 18.1 Å². The Hall–Kier alpha value is -4.17. The summed E-state index contributed by atoms with van der Waals surface area (Å²) in [6.45, 7) is 1.89. The van der Waals surface area contributed by atoms with Gasteiger partial charge in [-0.2, -0.15) is 5.26 Å². The minimum Gasteiger partial charge on any atom is -0.493 e. The Bertz CT molecular complexity index is 1350. The molecule has 11 heteroatoms. The fraction of sp³-hybridized carbons (Fsp3) is 0.100. The van der Waals surface area contributed by atoms with Crippen LogP contribution in [0.4, 0.5) is 11.4 Å². The van der Waals surface area contributed by atoms with E-state index in [2.05, 4.69) is 9.98 Å². The first-order chi connectivity index (χ1) is 14.9. The summed E-state index contributed by atoms with van der Waals surface area (Å²) in [5.41, 5.74) is -0.969. The molecule has 0 amide bonds. The lowest BCUT2D eigenvalue weighted by Gasteiger charge is -2.13. The van der Waals surface area contributed by atoms with Crippen molar-refractivity contribution >= 4 is 29.4 Å². The molecule has 3 aromatic rings. The van der Waals surface area contributed by atoms with Gasteiger partial charge in [-0.05, 0) is 41.9 Å². The fourth-order valence-electron chi connectivity index (χ4n) is 2.91. The number of nitriles is 1. The number of rotatable bonds is 6. The number of hydrogen-bond acceptors (Lipinski definition) is 8. The van der Waals surface area contributed by atoms with Crippen molar-refractivity contribution in [3.8, 4) is 17.0 Å². The van der Waals surface area contributed by atoms with Gasteiger partial charge in [-0.1, -0.05) is 25.1 Å². The van der Waals surface area contributed by atoms with Crippen LogP contribution in [0.5, 0.6) is 5.88 Å². The lowest BCUT2D eigenvalue weighted by atomic mass is 10.1. The molecule has 0 saturated carbocycles. The molecule has 1 heterocycles. The molecule has 0 radical (unpaired) electrons. The highest BCUT2D eigenvalue weighted by Crippen LogP contribution is 2.32. The fourth-order valence-corrected chi connectivity index (χ4v) is 3.38. The summed E-state index contributed by atoms with van der Waals surface area (Å²) >= 11 is 0.642. The lowest BCUT2D eigenvalue weighted by molar-refractivity contribution is -0.387. The third-order valence-corrected chi connectivity index (χ3v) is 5.03. The number of para-hydroxylation sites is 1. The number of nitro groups is 1. The van der Waals surface area contributed by atoms with E-state index in [4.69, 9.17) is 5.26 Å². The van der Waals surface area contributed by atoms with Gasteiger partial charge in [-0.15, -0.1) is 0 Å². The normalized spacial score (nSPS) is 10.8. The second-order valence-corrected chi connectivity index (χ2v) is 7.00. The molecule has 1 aromatic heterocycles. The summed E-state index contributed by atoms with van der Waals surface area (Å²) in [7, 11) is 0. The number of benzene rings is 2. The number of aromatic hydroxyl groups is 1. The third kappa shape index (κ3) is 4.39. The van der Waals surface area contributed by atoms with E-state index in [1.165, 1.54) is 12.1 Å². The molecule has 0 fully saturated rings. The largest absolute Gasteiger partial charge is 0.493 e. The van der Waals surface area contributed by atoms with E-state index in [1.807, 2.05) is 6.92 Å². The third-order valence-electron chi connectivity index (χ3n) is 4.37. The number of aryl methyl sites for hydroxylation is 1. The molecule has 2 aromatic carbocycles. The maximum Gasteiger partial charge on any atom is 0.335 e. The van der Waals surface area contributed by atoms with Gasteiger partial charge in [-0.3, -0.25) is 24.9 Å². The average Bonchev–Trinajstić information content (AvgIpc) is 2.74. The predicted molar refractivity (Wildman–Crippen MR) is 116 cm³/mol. The number of H-pyrrole nitrogens is 1. The van der Waals surface area contributed by atoms with E-state index < -0.39 is 22.1 Å². The molecule has 0 unspecified atom stereocenters. The van der Waals surface area contributed by atoms with Gasteiger partial charge in [0.15, 0.2) is 0 Å². The van der Waals surface area contributed by atoms with E-state index in [0.717, 1.165) is 22.4 Å². The molecule has 2 N–H and O–H groups in total. The minimum atomic E-state index is -0.859. The first-order valence-electron chi connectivity index (χ1n) is 8.92. The van der Waals surface area contributed by atoms with Gasteiger partial charge in [0, 0.05) is 12.3 Å². The van der Waals surface area contributed by atoms with Crippen LogP contribution in [0.2, 0.25) is 0 Å².